The highest BCUT2D eigenvalue weighted by Crippen LogP contribution is 2.24. The van der Waals surface area contributed by atoms with E-state index in [1.54, 1.807) is 0 Å². The quantitative estimate of drug-likeness (QED) is 0.796. The van der Waals surface area contributed by atoms with Crippen LogP contribution in [0.25, 0.3) is 0 Å². The van der Waals surface area contributed by atoms with Gasteiger partial charge in [-0.15, -0.1) is 24.8 Å². The molecule has 1 unspecified atom stereocenters. The number of nitrogens with zero attached hydrogens (tertiary/aromatic N) is 2. The molecule has 0 radical (unpaired) electrons. The molecule has 2 saturated heterocycles. The third-order valence-corrected chi connectivity index (χ3v) is 4.89. The molecule has 2 aliphatic rings. The van der Waals surface area contributed by atoms with Crippen molar-refractivity contribution < 1.29 is 4.79 Å². The maximum atomic E-state index is 12.7. The minimum absolute atomic E-state index is 0. The number of hydrogen-bond donors (Lipinski definition) is 1. The fourth-order valence-corrected chi connectivity index (χ4v) is 3.66. The van der Waals surface area contributed by atoms with Gasteiger partial charge in [0.2, 0.25) is 5.91 Å². The second-order valence-corrected chi connectivity index (χ2v) is 6.35. The molecule has 0 bridgehead atoms. The van der Waals surface area contributed by atoms with Crippen molar-refractivity contribution in [2.45, 2.75) is 51.5 Å². The van der Waals surface area contributed by atoms with Gasteiger partial charge in [0.05, 0.1) is 6.04 Å². The second kappa shape index (κ2) is 11.5. The van der Waals surface area contributed by atoms with E-state index in [-0.39, 0.29) is 30.9 Å². The van der Waals surface area contributed by atoms with Crippen LogP contribution in [0.5, 0.6) is 0 Å². The number of carbonyl (C=O) groups excluding carboxylic acids is 1. The van der Waals surface area contributed by atoms with Crippen LogP contribution in [0.15, 0.2) is 0 Å². The summed E-state index contributed by atoms with van der Waals surface area (Å²) in [5, 5.41) is 3.23. The monoisotopic (exact) mass is 353 g/mol. The topological polar surface area (TPSA) is 35.6 Å². The summed E-state index contributed by atoms with van der Waals surface area (Å²) in [7, 11) is 2.01. The highest BCUT2D eigenvalue weighted by Gasteiger charge is 2.34. The summed E-state index contributed by atoms with van der Waals surface area (Å²) in [4.78, 5) is 17.2. The van der Waals surface area contributed by atoms with Crippen molar-refractivity contribution in [3.63, 3.8) is 0 Å². The van der Waals surface area contributed by atoms with Gasteiger partial charge < -0.3 is 10.2 Å². The zero-order valence-corrected chi connectivity index (χ0v) is 15.7. The van der Waals surface area contributed by atoms with Gasteiger partial charge in [-0.3, -0.25) is 9.69 Å². The smallest absolute Gasteiger partial charge is 0.239 e. The SMILES string of the molecule is CCCN1CCCC1C(=O)N1CCC(CCNC)CC1.Cl.Cl. The minimum Gasteiger partial charge on any atom is -0.341 e. The average Bonchev–Trinajstić information content (AvgIpc) is 2.93. The van der Waals surface area contributed by atoms with Gasteiger partial charge in [0.25, 0.3) is 0 Å². The Hall–Kier alpha value is -0.0300. The normalized spacial score (nSPS) is 23.0. The molecular weight excluding hydrogens is 321 g/mol. The molecule has 2 rings (SSSR count). The fraction of sp³-hybridized carbons (Fsp3) is 0.938. The van der Waals surface area contributed by atoms with Gasteiger partial charge in [-0.2, -0.15) is 0 Å². The Morgan fingerprint density at radius 2 is 1.82 bits per heavy atom. The predicted octanol–water partition coefficient (Wildman–Crippen LogP) is 2.55. The number of rotatable bonds is 6. The summed E-state index contributed by atoms with van der Waals surface area (Å²) in [5.74, 6) is 1.21. The van der Waals surface area contributed by atoms with Gasteiger partial charge in [0.1, 0.15) is 0 Å². The number of nitrogens with one attached hydrogen (secondary N) is 1. The molecule has 0 saturated carbocycles. The number of carbonyl (C=O) groups is 1. The van der Waals surface area contributed by atoms with Crippen LogP contribution in [0.3, 0.4) is 0 Å². The van der Waals surface area contributed by atoms with Gasteiger partial charge >= 0.3 is 0 Å². The van der Waals surface area contributed by atoms with Crippen LogP contribution in [-0.2, 0) is 4.79 Å². The summed E-state index contributed by atoms with van der Waals surface area (Å²) in [6.07, 6.45) is 7.04. The Labute approximate surface area is 148 Å². The van der Waals surface area contributed by atoms with E-state index in [9.17, 15) is 4.79 Å². The van der Waals surface area contributed by atoms with E-state index >= 15 is 0 Å². The molecule has 1 amide bonds. The summed E-state index contributed by atoms with van der Waals surface area (Å²) in [6, 6.07) is 0.184. The molecule has 1 N–H and O–H groups in total. The van der Waals surface area contributed by atoms with Crippen molar-refractivity contribution in [1.82, 2.24) is 15.1 Å². The molecule has 2 aliphatic heterocycles. The van der Waals surface area contributed by atoms with Crippen molar-refractivity contribution in [1.29, 1.82) is 0 Å². The second-order valence-electron chi connectivity index (χ2n) is 6.35. The molecular formula is C16H33Cl2N3O. The van der Waals surface area contributed by atoms with Crippen LogP contribution in [0.1, 0.15) is 45.4 Å². The lowest BCUT2D eigenvalue weighted by Gasteiger charge is -2.35. The Morgan fingerprint density at radius 3 is 2.41 bits per heavy atom. The molecule has 0 spiro atoms. The largest absolute Gasteiger partial charge is 0.341 e. The van der Waals surface area contributed by atoms with Gasteiger partial charge in [0.15, 0.2) is 0 Å². The summed E-state index contributed by atoms with van der Waals surface area (Å²) in [5.41, 5.74) is 0. The Morgan fingerprint density at radius 1 is 1.14 bits per heavy atom. The van der Waals surface area contributed by atoms with Crippen LogP contribution in [0, 0.1) is 5.92 Å². The summed E-state index contributed by atoms with van der Waals surface area (Å²) in [6.45, 7) is 7.45. The lowest BCUT2D eigenvalue weighted by Crippen LogP contribution is -2.48. The summed E-state index contributed by atoms with van der Waals surface area (Å²) >= 11 is 0. The van der Waals surface area contributed by atoms with Crippen LogP contribution < -0.4 is 5.32 Å². The lowest BCUT2D eigenvalue weighted by atomic mass is 9.93. The highest BCUT2D eigenvalue weighted by molar-refractivity contribution is 5.85. The number of hydrogen-bond acceptors (Lipinski definition) is 3. The molecule has 0 aliphatic carbocycles. The number of amides is 1. The van der Waals surface area contributed by atoms with Crippen LogP contribution >= 0.6 is 24.8 Å². The standard InChI is InChI=1S/C16H31N3O.2ClH/c1-3-10-18-11-4-5-15(18)16(20)19-12-7-14(8-13-19)6-9-17-2;;/h14-15,17H,3-13H2,1-2H3;2*1H. The first-order valence-corrected chi connectivity index (χ1v) is 8.43. The fourth-order valence-electron chi connectivity index (χ4n) is 3.66. The third-order valence-electron chi connectivity index (χ3n) is 4.89. The number of likely N-dealkylation sites (tertiary alicyclic amines) is 2. The molecule has 0 aromatic carbocycles. The van der Waals surface area contributed by atoms with E-state index in [1.807, 2.05) is 7.05 Å². The zero-order chi connectivity index (χ0) is 14.4. The van der Waals surface area contributed by atoms with E-state index in [0.29, 0.717) is 5.91 Å². The van der Waals surface area contributed by atoms with Gasteiger partial charge in [-0.25, -0.2) is 0 Å². The van der Waals surface area contributed by atoms with E-state index in [0.717, 1.165) is 51.5 Å². The van der Waals surface area contributed by atoms with Gasteiger partial charge in [-0.1, -0.05) is 6.92 Å². The van der Waals surface area contributed by atoms with Crippen LogP contribution in [0.4, 0.5) is 0 Å². The lowest BCUT2D eigenvalue weighted by molar-refractivity contribution is -0.137. The Balaban J connectivity index is 0.00000220. The molecule has 6 heteroatoms. The summed E-state index contributed by atoms with van der Waals surface area (Å²) < 4.78 is 0. The van der Waals surface area contributed by atoms with Crippen molar-refractivity contribution in [3.8, 4) is 0 Å². The zero-order valence-electron chi connectivity index (χ0n) is 14.1. The highest BCUT2D eigenvalue weighted by atomic mass is 35.5. The maximum absolute atomic E-state index is 12.7. The van der Waals surface area contributed by atoms with Crippen molar-refractivity contribution >= 4 is 30.7 Å². The van der Waals surface area contributed by atoms with Crippen LogP contribution in [-0.4, -0.2) is 61.5 Å². The minimum atomic E-state index is 0. The third kappa shape index (κ3) is 5.88. The van der Waals surface area contributed by atoms with E-state index in [2.05, 4.69) is 22.0 Å². The van der Waals surface area contributed by atoms with Crippen LogP contribution in [0.2, 0.25) is 0 Å². The molecule has 1 atom stereocenters. The van der Waals surface area contributed by atoms with Crippen molar-refractivity contribution in [2.24, 2.45) is 5.92 Å². The molecule has 0 aromatic rings. The first kappa shape index (κ1) is 22.0. The van der Waals surface area contributed by atoms with Crippen molar-refractivity contribution in [3.05, 3.63) is 0 Å². The molecule has 0 aromatic heterocycles. The van der Waals surface area contributed by atoms with E-state index in [1.165, 1.54) is 25.7 Å². The predicted molar refractivity (Wildman–Crippen MR) is 97.2 cm³/mol. The Kier molecular flexibility index (Phi) is 11.5. The average molecular weight is 354 g/mol. The molecule has 132 valence electrons. The molecule has 4 nitrogen and oxygen atoms in total. The first-order valence-electron chi connectivity index (χ1n) is 8.43. The number of halogens is 2. The number of piperidine rings is 1. The first-order chi connectivity index (χ1) is 9.76. The maximum Gasteiger partial charge on any atom is 0.239 e. The van der Waals surface area contributed by atoms with Gasteiger partial charge in [0, 0.05) is 13.1 Å². The Bertz CT molecular complexity index is 310. The molecule has 2 fully saturated rings. The van der Waals surface area contributed by atoms with Crippen molar-refractivity contribution in [2.75, 3.05) is 39.8 Å². The molecule has 22 heavy (non-hydrogen) atoms. The van der Waals surface area contributed by atoms with Gasteiger partial charge in [-0.05, 0) is 71.1 Å². The van der Waals surface area contributed by atoms with E-state index < -0.39 is 0 Å². The van der Waals surface area contributed by atoms with E-state index in [4.69, 9.17) is 0 Å². The molecule has 2 heterocycles.